The third-order valence-corrected chi connectivity index (χ3v) is 7.36. The van der Waals surface area contributed by atoms with Gasteiger partial charge in [-0.05, 0) is 55.3 Å². The zero-order chi connectivity index (χ0) is 31.5. The lowest BCUT2D eigenvalue weighted by atomic mass is 9.83. The van der Waals surface area contributed by atoms with Crippen LogP contribution in [-0.2, 0) is 17.6 Å². The molecule has 2 atom stereocenters. The first kappa shape index (κ1) is 30.4. The van der Waals surface area contributed by atoms with Gasteiger partial charge in [-0.1, -0.05) is 0 Å². The highest BCUT2D eigenvalue weighted by atomic mass is 19.4. The van der Waals surface area contributed by atoms with Gasteiger partial charge in [0.2, 0.25) is 11.5 Å². The van der Waals surface area contributed by atoms with E-state index in [2.05, 4.69) is 4.98 Å². The predicted octanol–water partition coefficient (Wildman–Crippen LogP) is 4.64. The van der Waals surface area contributed by atoms with Gasteiger partial charge in [-0.2, -0.15) is 26.3 Å². The van der Waals surface area contributed by atoms with Gasteiger partial charge in [0.1, 0.15) is 18.1 Å². The van der Waals surface area contributed by atoms with Crippen LogP contribution in [0.1, 0.15) is 40.0 Å². The van der Waals surface area contributed by atoms with E-state index in [9.17, 15) is 40.6 Å². The van der Waals surface area contributed by atoms with E-state index in [-0.39, 0.29) is 23.2 Å². The molecular weight excluding hydrogens is 591 g/mol. The van der Waals surface area contributed by atoms with E-state index in [1.165, 1.54) is 6.07 Å². The SMILES string of the molecule is COc1c(OC2CC2)ccc(C(N)=O)c1C[C@@](O)(c1cc2c(c(-c3ccc(F)cc3)n1)OC[C@@]2(N)C(F)(F)F)C(F)(F)F. The molecule has 5 N–H and O–H groups in total. The van der Waals surface area contributed by atoms with Crippen molar-refractivity contribution in [3.05, 3.63) is 70.7 Å². The molecule has 2 aliphatic rings. The van der Waals surface area contributed by atoms with Gasteiger partial charge in [0.15, 0.2) is 22.8 Å². The number of nitrogens with two attached hydrogens (primary N) is 2. The molecule has 15 heteroatoms. The summed E-state index contributed by atoms with van der Waals surface area (Å²) in [5.74, 6) is -2.87. The van der Waals surface area contributed by atoms with Crippen molar-refractivity contribution in [1.29, 1.82) is 0 Å². The Hall–Kier alpha value is -4.11. The molecule has 1 aromatic heterocycles. The molecule has 1 aliphatic heterocycles. The summed E-state index contributed by atoms with van der Waals surface area (Å²) >= 11 is 0. The summed E-state index contributed by atoms with van der Waals surface area (Å²) in [6.45, 7) is -1.20. The number of aliphatic hydroxyl groups is 1. The van der Waals surface area contributed by atoms with Crippen LogP contribution >= 0.6 is 0 Å². The maximum Gasteiger partial charge on any atom is 0.423 e. The van der Waals surface area contributed by atoms with Gasteiger partial charge in [0.05, 0.1) is 18.9 Å². The molecular formula is C28H24F7N3O5. The summed E-state index contributed by atoms with van der Waals surface area (Å²) in [6.07, 6.45) is -11.2. The van der Waals surface area contributed by atoms with Crippen LogP contribution in [0, 0.1) is 5.82 Å². The van der Waals surface area contributed by atoms with Gasteiger partial charge < -0.3 is 30.8 Å². The number of pyridine rings is 1. The molecule has 43 heavy (non-hydrogen) atoms. The summed E-state index contributed by atoms with van der Waals surface area (Å²) < 4.78 is 117. The number of halogens is 7. The Labute approximate surface area is 239 Å². The first-order chi connectivity index (χ1) is 20.0. The largest absolute Gasteiger partial charge is 0.493 e. The number of fused-ring (bicyclic) bond motifs is 1. The zero-order valence-corrected chi connectivity index (χ0v) is 22.3. The molecule has 0 saturated heterocycles. The fourth-order valence-corrected chi connectivity index (χ4v) is 4.81. The number of primary amides is 1. The Morgan fingerprint density at radius 1 is 1.12 bits per heavy atom. The Morgan fingerprint density at radius 3 is 2.30 bits per heavy atom. The minimum absolute atomic E-state index is 0.0325. The van der Waals surface area contributed by atoms with Crippen molar-refractivity contribution in [1.82, 2.24) is 4.98 Å². The van der Waals surface area contributed by atoms with Gasteiger partial charge in [0.25, 0.3) is 0 Å². The number of alkyl halides is 6. The van der Waals surface area contributed by atoms with E-state index in [1.54, 1.807) is 0 Å². The molecule has 3 aromatic rings. The fourth-order valence-electron chi connectivity index (χ4n) is 4.81. The summed E-state index contributed by atoms with van der Waals surface area (Å²) in [5.41, 5.74) is -0.102. The maximum absolute atomic E-state index is 14.9. The number of hydrogen-bond acceptors (Lipinski definition) is 7. The number of nitrogens with zero attached hydrogens (tertiary/aromatic N) is 1. The number of aromatic nitrogens is 1. The van der Waals surface area contributed by atoms with Gasteiger partial charge >= 0.3 is 12.4 Å². The average molecular weight is 616 g/mol. The fraction of sp³-hybridized carbons (Fsp3) is 0.357. The average Bonchev–Trinajstić information content (AvgIpc) is 3.67. The second-order valence-corrected chi connectivity index (χ2v) is 10.3. The van der Waals surface area contributed by atoms with Crippen LogP contribution in [0.5, 0.6) is 17.2 Å². The number of hydrogen-bond donors (Lipinski definition) is 3. The van der Waals surface area contributed by atoms with Crippen molar-refractivity contribution in [2.24, 2.45) is 11.5 Å². The Balaban J connectivity index is 1.77. The lowest BCUT2D eigenvalue weighted by Crippen LogP contribution is -2.52. The monoisotopic (exact) mass is 615 g/mol. The Morgan fingerprint density at radius 2 is 1.77 bits per heavy atom. The first-order valence-electron chi connectivity index (χ1n) is 12.8. The number of amides is 1. The lowest BCUT2D eigenvalue weighted by Gasteiger charge is -2.33. The maximum atomic E-state index is 14.9. The molecule has 0 spiro atoms. The molecule has 1 saturated carbocycles. The topological polar surface area (TPSA) is 130 Å². The van der Waals surface area contributed by atoms with Crippen molar-refractivity contribution in [2.45, 2.75) is 48.9 Å². The molecule has 1 aliphatic carbocycles. The van der Waals surface area contributed by atoms with Crippen LogP contribution in [0.4, 0.5) is 30.7 Å². The first-order valence-corrected chi connectivity index (χ1v) is 12.8. The number of rotatable bonds is 8. The summed E-state index contributed by atoms with van der Waals surface area (Å²) in [7, 11) is 1.10. The molecule has 0 bridgehead atoms. The van der Waals surface area contributed by atoms with Crippen LogP contribution in [0.15, 0.2) is 42.5 Å². The second kappa shape index (κ2) is 10.3. The van der Waals surface area contributed by atoms with Crippen LogP contribution < -0.4 is 25.7 Å². The van der Waals surface area contributed by atoms with E-state index in [4.69, 9.17) is 25.7 Å². The van der Waals surface area contributed by atoms with Crippen molar-refractivity contribution in [3.63, 3.8) is 0 Å². The molecule has 1 fully saturated rings. The van der Waals surface area contributed by atoms with E-state index >= 15 is 0 Å². The Bertz CT molecular complexity index is 1570. The highest BCUT2D eigenvalue weighted by Gasteiger charge is 2.61. The van der Waals surface area contributed by atoms with Crippen molar-refractivity contribution in [3.8, 4) is 28.5 Å². The van der Waals surface area contributed by atoms with Crippen LogP contribution in [0.2, 0.25) is 0 Å². The Kier molecular flexibility index (Phi) is 7.24. The van der Waals surface area contributed by atoms with Crippen LogP contribution in [-0.4, -0.2) is 48.2 Å². The standard InChI is InChI=1S/C28H24F7N3O5/c1-41-22-17(16(24(36)39)8-9-19(22)43-15-6-7-15)11-26(40,28(33,34)35)20-10-18-23(42-12-25(18,37)27(30,31)32)21(38-20)13-2-4-14(29)5-3-13/h2-5,8-10,15,40H,6-7,11-12,37H2,1H3,(H2,36,39)/t25-,26+/m0/s1. The number of benzene rings is 2. The third kappa shape index (κ3) is 5.20. The minimum atomic E-state index is -5.60. The van der Waals surface area contributed by atoms with Crippen molar-refractivity contribution < 1.29 is 54.8 Å². The molecule has 2 aromatic carbocycles. The molecule has 0 unspecified atom stereocenters. The van der Waals surface area contributed by atoms with E-state index < -0.39 is 82.1 Å². The smallest absolute Gasteiger partial charge is 0.423 e. The van der Waals surface area contributed by atoms with Gasteiger partial charge in [-0.25, -0.2) is 9.37 Å². The summed E-state index contributed by atoms with van der Waals surface area (Å²) in [6, 6.07) is 6.70. The molecule has 0 radical (unpaired) electrons. The predicted molar refractivity (Wildman–Crippen MR) is 136 cm³/mol. The van der Waals surface area contributed by atoms with Gasteiger partial charge in [-0.3, -0.25) is 4.79 Å². The van der Waals surface area contributed by atoms with E-state index in [1.807, 2.05) is 0 Å². The number of methoxy groups -OCH3 is 1. The van der Waals surface area contributed by atoms with E-state index in [0.29, 0.717) is 18.9 Å². The van der Waals surface area contributed by atoms with Crippen LogP contribution in [0.3, 0.4) is 0 Å². The van der Waals surface area contributed by atoms with Crippen LogP contribution in [0.25, 0.3) is 11.3 Å². The molecule has 5 rings (SSSR count). The molecule has 230 valence electrons. The molecule has 8 nitrogen and oxygen atoms in total. The van der Waals surface area contributed by atoms with E-state index in [0.717, 1.165) is 37.4 Å². The van der Waals surface area contributed by atoms with Crippen molar-refractivity contribution in [2.75, 3.05) is 13.7 Å². The zero-order valence-electron chi connectivity index (χ0n) is 22.3. The number of carbonyl (C=O) groups is 1. The van der Waals surface area contributed by atoms with Gasteiger partial charge in [0, 0.05) is 28.7 Å². The second-order valence-electron chi connectivity index (χ2n) is 10.3. The molecule has 2 heterocycles. The highest BCUT2D eigenvalue weighted by molar-refractivity contribution is 5.95. The minimum Gasteiger partial charge on any atom is -0.493 e. The number of carbonyl (C=O) groups excluding carboxylic acids is 1. The molecule has 1 amide bonds. The van der Waals surface area contributed by atoms with Gasteiger partial charge in [-0.15, -0.1) is 0 Å². The lowest BCUT2D eigenvalue weighted by molar-refractivity contribution is -0.267. The normalized spacial score (nSPS) is 19.8. The quantitative estimate of drug-likeness (QED) is 0.315. The summed E-state index contributed by atoms with van der Waals surface area (Å²) in [5, 5.41) is 11.4. The highest BCUT2D eigenvalue weighted by Crippen LogP contribution is 2.52. The number of ether oxygens (including phenoxy) is 3. The third-order valence-electron chi connectivity index (χ3n) is 7.36. The van der Waals surface area contributed by atoms with Crippen molar-refractivity contribution >= 4 is 5.91 Å². The summed E-state index contributed by atoms with van der Waals surface area (Å²) in [4.78, 5) is 16.2.